The topological polar surface area (TPSA) is 27.1 Å². The molecular weight excluding hydrogens is 272 g/mol. The predicted molar refractivity (Wildman–Crippen MR) is 91.3 cm³/mol. The van der Waals surface area contributed by atoms with Gasteiger partial charge in [-0.05, 0) is 32.4 Å². The van der Waals surface area contributed by atoms with Crippen LogP contribution in [0.1, 0.15) is 16.8 Å². The molecule has 0 spiro atoms. The molecule has 2 heterocycles. The third-order valence-corrected chi connectivity index (χ3v) is 4.39. The summed E-state index contributed by atoms with van der Waals surface area (Å²) in [5, 5.41) is 1.28. The zero-order valence-electron chi connectivity index (χ0n) is 13.7. The van der Waals surface area contributed by atoms with Crippen molar-refractivity contribution in [1.82, 2.24) is 9.55 Å². The lowest BCUT2D eigenvalue weighted by Crippen LogP contribution is -2.06. The molecule has 0 aliphatic rings. The number of ether oxygens (including phenoxy) is 1. The number of rotatable bonds is 4. The van der Waals surface area contributed by atoms with Crippen LogP contribution in [0.25, 0.3) is 22.2 Å². The van der Waals surface area contributed by atoms with Crippen LogP contribution in [0, 0.1) is 20.8 Å². The van der Waals surface area contributed by atoms with Gasteiger partial charge in [-0.3, -0.25) is 4.98 Å². The highest BCUT2D eigenvalue weighted by Gasteiger charge is 2.15. The summed E-state index contributed by atoms with van der Waals surface area (Å²) < 4.78 is 7.61. The third-order valence-electron chi connectivity index (χ3n) is 4.39. The standard InChI is InChI=1S/C19H22N2O/c1-13-5-7-16(8-6-13)18-19-17(9-10-20-18)14(2)15(3)21(19)11-12-22-4/h5-10H,11-12H2,1-4H3. The molecule has 0 amide bonds. The number of nitrogens with zero attached hydrogens (tertiary/aromatic N) is 2. The SMILES string of the molecule is COCCn1c(C)c(C)c2ccnc(-c3ccc(C)cc3)c21. The van der Waals surface area contributed by atoms with Crippen LogP contribution in [0.5, 0.6) is 0 Å². The molecule has 0 atom stereocenters. The number of pyridine rings is 1. The second kappa shape index (κ2) is 5.93. The lowest BCUT2D eigenvalue weighted by molar-refractivity contribution is 0.188. The van der Waals surface area contributed by atoms with Crippen LogP contribution in [0.4, 0.5) is 0 Å². The summed E-state index contributed by atoms with van der Waals surface area (Å²) in [6, 6.07) is 10.7. The first-order valence-corrected chi connectivity index (χ1v) is 7.64. The van der Waals surface area contributed by atoms with Crippen molar-refractivity contribution in [1.29, 1.82) is 0 Å². The molecule has 22 heavy (non-hydrogen) atoms. The van der Waals surface area contributed by atoms with Gasteiger partial charge in [0.15, 0.2) is 0 Å². The highest BCUT2D eigenvalue weighted by Crippen LogP contribution is 2.32. The van der Waals surface area contributed by atoms with Crippen LogP contribution >= 0.6 is 0 Å². The molecule has 3 aromatic rings. The fourth-order valence-electron chi connectivity index (χ4n) is 2.98. The van der Waals surface area contributed by atoms with Crippen molar-refractivity contribution in [3.05, 3.63) is 53.3 Å². The Kier molecular flexibility index (Phi) is 3.99. The number of benzene rings is 1. The highest BCUT2D eigenvalue weighted by atomic mass is 16.5. The van der Waals surface area contributed by atoms with Gasteiger partial charge in [-0.25, -0.2) is 0 Å². The summed E-state index contributed by atoms with van der Waals surface area (Å²) in [5.74, 6) is 0. The highest BCUT2D eigenvalue weighted by molar-refractivity contribution is 5.95. The molecule has 1 aromatic carbocycles. The Hall–Kier alpha value is -2.13. The molecule has 3 nitrogen and oxygen atoms in total. The maximum atomic E-state index is 5.28. The normalized spacial score (nSPS) is 11.3. The van der Waals surface area contributed by atoms with E-state index in [1.807, 2.05) is 6.20 Å². The summed E-state index contributed by atoms with van der Waals surface area (Å²) in [5.41, 5.74) is 7.28. The minimum atomic E-state index is 0.701. The molecule has 2 aromatic heterocycles. The summed E-state index contributed by atoms with van der Waals surface area (Å²) in [6.45, 7) is 8.00. The molecule has 0 unspecified atom stereocenters. The summed E-state index contributed by atoms with van der Waals surface area (Å²) in [7, 11) is 1.74. The van der Waals surface area contributed by atoms with Crippen molar-refractivity contribution < 1.29 is 4.74 Å². The van der Waals surface area contributed by atoms with Crippen molar-refractivity contribution in [3.8, 4) is 11.3 Å². The number of hydrogen-bond acceptors (Lipinski definition) is 2. The molecule has 114 valence electrons. The lowest BCUT2D eigenvalue weighted by atomic mass is 10.1. The fraction of sp³-hybridized carbons (Fsp3) is 0.316. The zero-order valence-corrected chi connectivity index (χ0v) is 13.7. The average Bonchev–Trinajstić information content (AvgIpc) is 2.78. The van der Waals surface area contributed by atoms with Gasteiger partial charge >= 0.3 is 0 Å². The molecule has 0 radical (unpaired) electrons. The van der Waals surface area contributed by atoms with Crippen molar-refractivity contribution in [3.63, 3.8) is 0 Å². The molecule has 0 saturated carbocycles. The predicted octanol–water partition coefficient (Wildman–Crippen LogP) is 4.27. The summed E-state index contributed by atoms with van der Waals surface area (Å²) in [6.07, 6.45) is 1.91. The number of hydrogen-bond donors (Lipinski definition) is 0. The minimum absolute atomic E-state index is 0.701. The minimum Gasteiger partial charge on any atom is -0.383 e. The van der Waals surface area contributed by atoms with Crippen LogP contribution in [-0.2, 0) is 11.3 Å². The van der Waals surface area contributed by atoms with Gasteiger partial charge in [-0.1, -0.05) is 29.8 Å². The first kappa shape index (κ1) is 14.8. The maximum Gasteiger partial charge on any atom is 0.0944 e. The number of methoxy groups -OCH3 is 1. The molecule has 0 N–H and O–H groups in total. The van der Waals surface area contributed by atoms with Crippen molar-refractivity contribution >= 4 is 10.9 Å². The van der Waals surface area contributed by atoms with E-state index in [-0.39, 0.29) is 0 Å². The smallest absolute Gasteiger partial charge is 0.0944 e. The molecule has 0 saturated heterocycles. The van der Waals surface area contributed by atoms with Gasteiger partial charge in [0, 0.05) is 36.5 Å². The van der Waals surface area contributed by atoms with E-state index in [1.165, 1.54) is 27.7 Å². The first-order valence-electron chi connectivity index (χ1n) is 7.64. The molecule has 0 aliphatic carbocycles. The monoisotopic (exact) mass is 294 g/mol. The molecule has 3 rings (SSSR count). The Bertz CT molecular complexity index is 800. The third kappa shape index (κ3) is 2.42. The molecular formula is C19H22N2O. The van der Waals surface area contributed by atoms with E-state index in [1.54, 1.807) is 7.11 Å². The van der Waals surface area contributed by atoms with E-state index in [2.05, 4.69) is 60.7 Å². The number of fused-ring (bicyclic) bond motifs is 1. The molecule has 3 heteroatoms. The molecule has 0 bridgehead atoms. The first-order chi connectivity index (χ1) is 10.6. The Labute approximate surface area is 131 Å². The summed E-state index contributed by atoms with van der Waals surface area (Å²) in [4.78, 5) is 4.67. The maximum absolute atomic E-state index is 5.28. The van der Waals surface area contributed by atoms with E-state index in [0.717, 1.165) is 17.8 Å². The van der Waals surface area contributed by atoms with Crippen molar-refractivity contribution in [2.75, 3.05) is 13.7 Å². The van der Waals surface area contributed by atoms with E-state index < -0.39 is 0 Å². The van der Waals surface area contributed by atoms with Gasteiger partial charge in [0.1, 0.15) is 0 Å². The Morgan fingerprint density at radius 3 is 2.45 bits per heavy atom. The van der Waals surface area contributed by atoms with Crippen LogP contribution in [0.2, 0.25) is 0 Å². The van der Waals surface area contributed by atoms with Crippen LogP contribution in [0.15, 0.2) is 36.5 Å². The van der Waals surface area contributed by atoms with Gasteiger partial charge in [0.2, 0.25) is 0 Å². The van der Waals surface area contributed by atoms with Gasteiger partial charge in [-0.2, -0.15) is 0 Å². The van der Waals surface area contributed by atoms with E-state index in [0.29, 0.717) is 6.61 Å². The van der Waals surface area contributed by atoms with Crippen LogP contribution in [-0.4, -0.2) is 23.3 Å². The van der Waals surface area contributed by atoms with Gasteiger partial charge in [0.25, 0.3) is 0 Å². The van der Waals surface area contributed by atoms with E-state index >= 15 is 0 Å². The largest absolute Gasteiger partial charge is 0.383 e. The Morgan fingerprint density at radius 2 is 1.77 bits per heavy atom. The zero-order chi connectivity index (χ0) is 15.7. The van der Waals surface area contributed by atoms with Gasteiger partial charge in [-0.15, -0.1) is 0 Å². The Morgan fingerprint density at radius 1 is 1.05 bits per heavy atom. The quantitative estimate of drug-likeness (QED) is 0.718. The van der Waals surface area contributed by atoms with Crippen LogP contribution in [0.3, 0.4) is 0 Å². The van der Waals surface area contributed by atoms with E-state index in [4.69, 9.17) is 4.74 Å². The number of aryl methyl sites for hydroxylation is 2. The number of aromatic nitrogens is 2. The molecule has 0 aliphatic heterocycles. The molecule has 0 fully saturated rings. The van der Waals surface area contributed by atoms with Crippen molar-refractivity contribution in [2.24, 2.45) is 0 Å². The second-order valence-corrected chi connectivity index (χ2v) is 5.78. The van der Waals surface area contributed by atoms with Gasteiger partial charge < -0.3 is 9.30 Å². The average molecular weight is 294 g/mol. The Balaban J connectivity index is 2.26. The van der Waals surface area contributed by atoms with E-state index in [9.17, 15) is 0 Å². The van der Waals surface area contributed by atoms with Crippen LogP contribution < -0.4 is 0 Å². The lowest BCUT2D eigenvalue weighted by Gasteiger charge is -2.11. The fourth-order valence-corrected chi connectivity index (χ4v) is 2.98. The second-order valence-electron chi connectivity index (χ2n) is 5.78. The van der Waals surface area contributed by atoms with Gasteiger partial charge in [0.05, 0.1) is 17.8 Å². The van der Waals surface area contributed by atoms with Crippen molar-refractivity contribution in [2.45, 2.75) is 27.3 Å². The summed E-state index contributed by atoms with van der Waals surface area (Å²) >= 11 is 0.